The van der Waals surface area contributed by atoms with Gasteiger partial charge >= 0.3 is 0 Å². The molecule has 1 aliphatic carbocycles. The van der Waals surface area contributed by atoms with Gasteiger partial charge in [0.25, 0.3) is 0 Å². The van der Waals surface area contributed by atoms with Gasteiger partial charge in [0.1, 0.15) is 5.82 Å². The molecule has 3 rings (SSSR count). The third-order valence-electron chi connectivity index (χ3n) is 4.82. The van der Waals surface area contributed by atoms with E-state index in [4.69, 9.17) is 11.6 Å². The number of fused-ring (bicyclic) bond motifs is 1. The van der Waals surface area contributed by atoms with E-state index in [1.165, 1.54) is 28.0 Å². The molecule has 0 radical (unpaired) electrons. The summed E-state index contributed by atoms with van der Waals surface area (Å²) in [5, 5.41) is 0.298. The highest BCUT2D eigenvalue weighted by Gasteiger charge is 2.31. The number of nitrogens with zero attached hydrogens (tertiary/aromatic N) is 3. The number of rotatable bonds is 6. The van der Waals surface area contributed by atoms with Crippen molar-refractivity contribution in [2.45, 2.75) is 40.2 Å². The molecule has 0 spiro atoms. The number of hydrogen-bond acceptors (Lipinski definition) is 3. The van der Waals surface area contributed by atoms with Gasteiger partial charge < -0.3 is 4.57 Å². The van der Waals surface area contributed by atoms with Crippen molar-refractivity contribution in [1.29, 1.82) is 0 Å². The van der Waals surface area contributed by atoms with Crippen molar-refractivity contribution in [1.82, 2.24) is 9.55 Å². The van der Waals surface area contributed by atoms with Crippen molar-refractivity contribution >= 4 is 30.1 Å². The lowest BCUT2D eigenvalue weighted by atomic mass is 9.90. The van der Waals surface area contributed by atoms with E-state index in [-0.39, 0.29) is 11.0 Å². The number of hydrogen-bond donors (Lipinski definition) is 0. The Labute approximate surface area is 152 Å². The first-order chi connectivity index (χ1) is 11.9. The number of anilines is 1. The number of carbonyl (C=O) groups is 2. The molecule has 0 fully saturated rings. The number of amides is 1. The van der Waals surface area contributed by atoms with Crippen LogP contribution in [0.3, 0.4) is 0 Å². The van der Waals surface area contributed by atoms with Crippen LogP contribution in [0.4, 0.5) is 5.82 Å². The maximum atomic E-state index is 11.6. The zero-order valence-corrected chi connectivity index (χ0v) is 15.5. The van der Waals surface area contributed by atoms with Gasteiger partial charge in [0.2, 0.25) is 6.41 Å². The average Bonchev–Trinajstić information content (AvgIpc) is 2.99. The molecule has 0 aliphatic heterocycles. The van der Waals surface area contributed by atoms with E-state index in [1.54, 1.807) is 6.07 Å². The zero-order valence-electron chi connectivity index (χ0n) is 14.8. The molecule has 0 bridgehead atoms. The third kappa shape index (κ3) is 3.33. The van der Waals surface area contributed by atoms with Crippen LogP contribution in [0.1, 0.15) is 41.2 Å². The summed E-state index contributed by atoms with van der Waals surface area (Å²) in [5.41, 5.74) is 4.47. The van der Waals surface area contributed by atoms with Gasteiger partial charge in [-0.15, -0.1) is 0 Å². The highest BCUT2D eigenvalue weighted by Crippen LogP contribution is 2.37. The quantitative estimate of drug-likeness (QED) is 0.742. The molecule has 2 aromatic heterocycles. The van der Waals surface area contributed by atoms with Crippen LogP contribution < -0.4 is 4.90 Å². The maximum absolute atomic E-state index is 11.6. The molecule has 0 N–H and O–H groups in total. The number of aldehydes is 1. The highest BCUT2D eigenvalue weighted by atomic mass is 35.5. The third-order valence-corrected chi connectivity index (χ3v) is 5.15. The minimum absolute atomic E-state index is 0.242. The van der Waals surface area contributed by atoms with Crippen molar-refractivity contribution in [2.24, 2.45) is 5.41 Å². The Balaban J connectivity index is 1.83. The molecular formula is C19H22ClN3O2. The van der Waals surface area contributed by atoms with Gasteiger partial charge in [0, 0.05) is 30.7 Å². The molecule has 1 amide bonds. The molecule has 2 aromatic rings. The van der Waals surface area contributed by atoms with E-state index in [0.717, 1.165) is 12.8 Å². The Hall–Kier alpha value is -2.14. The lowest BCUT2D eigenvalue weighted by molar-refractivity contribution is -0.107. The maximum Gasteiger partial charge on any atom is 0.215 e. The molecule has 0 saturated carbocycles. The second-order valence-corrected chi connectivity index (χ2v) is 7.78. The van der Waals surface area contributed by atoms with Crippen molar-refractivity contribution in [3.05, 3.63) is 45.9 Å². The summed E-state index contributed by atoms with van der Waals surface area (Å²) in [6.07, 6.45) is 4.96. The molecule has 132 valence electrons. The molecule has 0 aromatic carbocycles. The fraction of sp³-hybridized carbons (Fsp3) is 0.421. The van der Waals surface area contributed by atoms with Crippen LogP contribution >= 0.6 is 11.6 Å². The smallest absolute Gasteiger partial charge is 0.215 e. The van der Waals surface area contributed by atoms with Crippen LogP contribution in [0.5, 0.6) is 0 Å². The summed E-state index contributed by atoms with van der Waals surface area (Å²) < 4.78 is 2.27. The topological polar surface area (TPSA) is 55.2 Å². The minimum Gasteiger partial charge on any atom is -0.347 e. The highest BCUT2D eigenvalue weighted by molar-refractivity contribution is 6.33. The first-order valence-corrected chi connectivity index (χ1v) is 8.73. The van der Waals surface area contributed by atoms with Crippen LogP contribution in [0.25, 0.3) is 0 Å². The van der Waals surface area contributed by atoms with Gasteiger partial charge in [-0.2, -0.15) is 0 Å². The Bertz CT molecular complexity index is 826. The average molecular weight is 360 g/mol. The van der Waals surface area contributed by atoms with Gasteiger partial charge in [-0.1, -0.05) is 25.4 Å². The van der Waals surface area contributed by atoms with E-state index in [0.29, 0.717) is 36.6 Å². The largest absolute Gasteiger partial charge is 0.347 e. The number of carbonyl (C=O) groups excluding carboxylic acids is 2. The van der Waals surface area contributed by atoms with Crippen molar-refractivity contribution in [2.75, 3.05) is 11.4 Å². The van der Waals surface area contributed by atoms with Gasteiger partial charge in [0.05, 0.1) is 10.6 Å². The predicted octanol–water partition coefficient (Wildman–Crippen LogP) is 3.45. The van der Waals surface area contributed by atoms with Crippen LogP contribution in [0.2, 0.25) is 5.02 Å². The van der Waals surface area contributed by atoms with E-state index in [9.17, 15) is 9.59 Å². The number of aryl methyl sites for hydroxylation is 1. The van der Waals surface area contributed by atoms with Crippen molar-refractivity contribution < 1.29 is 9.59 Å². The van der Waals surface area contributed by atoms with E-state index >= 15 is 0 Å². The molecule has 6 heteroatoms. The van der Waals surface area contributed by atoms with Crippen molar-refractivity contribution in [3.63, 3.8) is 0 Å². The number of halogens is 1. The molecule has 25 heavy (non-hydrogen) atoms. The standard InChI is InChI=1S/C19H22ClN3O2/c1-13-8-14-9-19(2,3)10-17(14)23(13)7-6-22(12-25)18-15(11-24)16(20)4-5-21-18/h4-5,8,11-12H,6-7,9-10H2,1-3H3. The monoisotopic (exact) mass is 359 g/mol. The fourth-order valence-electron chi connectivity index (χ4n) is 3.70. The van der Waals surface area contributed by atoms with Crippen LogP contribution in [0, 0.1) is 12.3 Å². The van der Waals surface area contributed by atoms with E-state index in [1.807, 2.05) is 0 Å². The molecule has 1 aliphatic rings. The van der Waals surface area contributed by atoms with Crippen LogP contribution in [-0.2, 0) is 24.2 Å². The Kier molecular flexibility index (Phi) is 4.69. The normalized spacial score (nSPS) is 15.0. The summed E-state index contributed by atoms with van der Waals surface area (Å²) in [5.74, 6) is 0.305. The summed E-state index contributed by atoms with van der Waals surface area (Å²) >= 11 is 6.04. The molecular weight excluding hydrogens is 338 g/mol. The van der Waals surface area contributed by atoms with E-state index in [2.05, 4.69) is 36.4 Å². The second kappa shape index (κ2) is 6.64. The Morgan fingerprint density at radius 2 is 2.12 bits per heavy atom. The summed E-state index contributed by atoms with van der Waals surface area (Å²) in [6, 6.07) is 3.78. The summed E-state index contributed by atoms with van der Waals surface area (Å²) in [6.45, 7) is 7.72. The van der Waals surface area contributed by atoms with Crippen LogP contribution in [-0.4, -0.2) is 28.8 Å². The lowest BCUT2D eigenvalue weighted by Crippen LogP contribution is -2.28. The number of aromatic nitrogens is 2. The first-order valence-electron chi connectivity index (χ1n) is 8.36. The summed E-state index contributed by atoms with van der Waals surface area (Å²) in [4.78, 5) is 28.5. The van der Waals surface area contributed by atoms with Crippen LogP contribution in [0.15, 0.2) is 18.3 Å². The summed E-state index contributed by atoms with van der Waals surface area (Å²) in [7, 11) is 0. The van der Waals surface area contributed by atoms with Gasteiger partial charge in [-0.05, 0) is 42.9 Å². The Morgan fingerprint density at radius 1 is 1.36 bits per heavy atom. The van der Waals surface area contributed by atoms with Gasteiger partial charge in [-0.25, -0.2) is 4.98 Å². The second-order valence-electron chi connectivity index (χ2n) is 7.37. The molecule has 0 atom stereocenters. The molecule has 2 heterocycles. The fourth-order valence-corrected chi connectivity index (χ4v) is 3.88. The minimum atomic E-state index is 0.242. The SMILES string of the molecule is Cc1cc2c(n1CCN(C=O)c1nccc(Cl)c1C=O)CC(C)(C)C2. The number of pyridine rings is 1. The first kappa shape index (κ1) is 17.7. The Morgan fingerprint density at radius 3 is 2.80 bits per heavy atom. The van der Waals surface area contributed by atoms with E-state index < -0.39 is 0 Å². The molecule has 0 saturated heterocycles. The zero-order chi connectivity index (χ0) is 18.2. The molecule has 5 nitrogen and oxygen atoms in total. The lowest BCUT2D eigenvalue weighted by Gasteiger charge is -2.21. The molecule has 0 unspecified atom stereocenters. The van der Waals surface area contributed by atoms with Crippen molar-refractivity contribution in [3.8, 4) is 0 Å². The van der Waals surface area contributed by atoms with Gasteiger partial charge in [0.15, 0.2) is 6.29 Å². The predicted molar refractivity (Wildman–Crippen MR) is 98.4 cm³/mol. The van der Waals surface area contributed by atoms with Gasteiger partial charge in [-0.3, -0.25) is 14.5 Å².